The second kappa shape index (κ2) is 8.01. The average molecular weight is 398 g/mol. The largest absolute Gasteiger partial charge is 0.320 e. The molecule has 0 aliphatic rings. The molecule has 0 atom stereocenters. The van der Waals surface area contributed by atoms with Crippen LogP contribution < -0.4 is 16.2 Å². The molecule has 0 saturated heterocycles. The maximum atomic E-state index is 14.1. The lowest BCUT2D eigenvalue weighted by Crippen LogP contribution is -2.29. The van der Waals surface area contributed by atoms with Crippen molar-refractivity contribution in [2.75, 3.05) is 10.6 Å². The summed E-state index contributed by atoms with van der Waals surface area (Å²) in [5.41, 5.74) is -0.666. The summed E-state index contributed by atoms with van der Waals surface area (Å²) in [6.45, 7) is 2.89. The van der Waals surface area contributed by atoms with Gasteiger partial charge in [0.25, 0.3) is 11.5 Å². The lowest BCUT2D eigenvalue weighted by molar-refractivity contribution is -0.114. The van der Waals surface area contributed by atoms with Crippen LogP contribution in [0.2, 0.25) is 0 Å². The third kappa shape index (κ3) is 4.34. The Labute approximate surface area is 164 Å². The van der Waals surface area contributed by atoms with E-state index in [1.807, 2.05) is 0 Å². The molecular formula is C20H16F2N4O3. The van der Waals surface area contributed by atoms with Crippen molar-refractivity contribution in [1.29, 1.82) is 0 Å². The zero-order valence-corrected chi connectivity index (χ0v) is 15.5. The van der Waals surface area contributed by atoms with Gasteiger partial charge in [0.2, 0.25) is 5.91 Å². The molecule has 0 unspecified atom stereocenters. The molecular weight excluding hydrogens is 382 g/mol. The van der Waals surface area contributed by atoms with Crippen molar-refractivity contribution in [2.24, 2.45) is 0 Å². The van der Waals surface area contributed by atoms with E-state index < -0.39 is 23.1 Å². The molecule has 0 bridgehead atoms. The van der Waals surface area contributed by atoms with Crippen LogP contribution in [0.4, 0.5) is 20.3 Å². The van der Waals surface area contributed by atoms with Crippen molar-refractivity contribution in [3.8, 4) is 5.69 Å². The number of rotatable bonds is 4. The molecule has 3 aromatic rings. The summed E-state index contributed by atoms with van der Waals surface area (Å²) in [6.07, 6.45) is 2.59. The molecule has 2 aromatic heterocycles. The van der Waals surface area contributed by atoms with E-state index in [4.69, 9.17) is 0 Å². The third-order valence-corrected chi connectivity index (χ3v) is 4.02. The summed E-state index contributed by atoms with van der Waals surface area (Å²) < 4.78 is 28.5. The van der Waals surface area contributed by atoms with Crippen molar-refractivity contribution in [1.82, 2.24) is 9.55 Å². The first-order chi connectivity index (χ1) is 13.8. The van der Waals surface area contributed by atoms with E-state index in [0.717, 1.165) is 22.8 Å². The fourth-order valence-electron chi connectivity index (χ4n) is 2.68. The number of nitrogens with one attached hydrogen (secondary N) is 2. The molecule has 2 amide bonds. The van der Waals surface area contributed by atoms with Crippen molar-refractivity contribution in [2.45, 2.75) is 13.8 Å². The Morgan fingerprint density at radius 2 is 1.83 bits per heavy atom. The van der Waals surface area contributed by atoms with Gasteiger partial charge in [0.15, 0.2) is 0 Å². The predicted octanol–water partition coefficient (Wildman–Crippen LogP) is 3.03. The Balaban J connectivity index is 1.94. The number of pyridine rings is 2. The predicted molar refractivity (Wildman–Crippen MR) is 103 cm³/mol. The van der Waals surface area contributed by atoms with Gasteiger partial charge in [-0.2, -0.15) is 0 Å². The maximum Gasteiger partial charge on any atom is 0.268 e. The zero-order valence-electron chi connectivity index (χ0n) is 15.5. The van der Waals surface area contributed by atoms with Gasteiger partial charge in [0.1, 0.15) is 23.0 Å². The van der Waals surface area contributed by atoms with Gasteiger partial charge in [-0.15, -0.1) is 0 Å². The molecule has 2 heterocycles. The second-order valence-corrected chi connectivity index (χ2v) is 6.21. The van der Waals surface area contributed by atoms with Gasteiger partial charge in [-0.25, -0.2) is 13.8 Å². The first-order valence-electron chi connectivity index (χ1n) is 8.49. The minimum absolute atomic E-state index is 0.220. The van der Waals surface area contributed by atoms with Crippen LogP contribution in [-0.2, 0) is 4.79 Å². The van der Waals surface area contributed by atoms with Gasteiger partial charge >= 0.3 is 0 Å². The molecule has 0 fully saturated rings. The number of amides is 2. The van der Waals surface area contributed by atoms with Gasteiger partial charge in [-0.05, 0) is 42.8 Å². The van der Waals surface area contributed by atoms with E-state index in [1.165, 1.54) is 37.5 Å². The molecule has 0 radical (unpaired) electrons. The number of carbonyl (C=O) groups excluding carboxylic acids is 2. The monoisotopic (exact) mass is 398 g/mol. The van der Waals surface area contributed by atoms with E-state index in [0.29, 0.717) is 11.4 Å². The number of aryl methyl sites for hydroxylation is 1. The van der Waals surface area contributed by atoms with Gasteiger partial charge in [0.05, 0.1) is 17.6 Å². The normalized spacial score (nSPS) is 10.5. The Morgan fingerprint density at radius 1 is 1.07 bits per heavy atom. The number of carbonyl (C=O) groups is 2. The molecule has 0 spiro atoms. The number of hydrogen-bond acceptors (Lipinski definition) is 4. The first-order valence-corrected chi connectivity index (χ1v) is 8.49. The van der Waals surface area contributed by atoms with Crippen LogP contribution in [0, 0.1) is 18.6 Å². The van der Waals surface area contributed by atoms with Crippen LogP contribution >= 0.6 is 0 Å². The number of halogens is 2. The van der Waals surface area contributed by atoms with E-state index in [-0.39, 0.29) is 22.8 Å². The lowest BCUT2D eigenvalue weighted by Gasteiger charge is -2.12. The standard InChI is InChI=1S/C20H16F2N4O3/c1-11-7-8-26(16-9-13(21)3-5-15(16)22)20(29)18(11)19(28)25-14-4-6-17(23-10-14)24-12(2)27/h3-10H,1-2H3,(H,25,28)(H,23,24,27). The number of aromatic nitrogens is 2. The van der Waals surface area contributed by atoms with Crippen LogP contribution in [0.25, 0.3) is 5.69 Å². The maximum absolute atomic E-state index is 14.1. The van der Waals surface area contributed by atoms with Crippen LogP contribution in [0.15, 0.2) is 53.6 Å². The Morgan fingerprint density at radius 3 is 2.48 bits per heavy atom. The summed E-state index contributed by atoms with van der Waals surface area (Å²) in [6, 6.07) is 7.15. The van der Waals surface area contributed by atoms with Crippen molar-refractivity contribution < 1.29 is 18.4 Å². The molecule has 9 heteroatoms. The molecule has 148 valence electrons. The van der Waals surface area contributed by atoms with Gasteiger partial charge in [0, 0.05) is 19.2 Å². The Hall–Kier alpha value is -3.88. The quantitative estimate of drug-likeness (QED) is 0.707. The molecule has 2 N–H and O–H groups in total. The highest BCUT2D eigenvalue weighted by atomic mass is 19.1. The molecule has 3 rings (SSSR count). The molecule has 0 aliphatic heterocycles. The zero-order chi connectivity index (χ0) is 21.1. The molecule has 1 aromatic carbocycles. The SMILES string of the molecule is CC(=O)Nc1ccc(NC(=O)c2c(C)ccn(-c3cc(F)ccc3F)c2=O)cn1. The highest BCUT2D eigenvalue weighted by Gasteiger charge is 2.18. The Kier molecular flexibility index (Phi) is 5.49. The van der Waals surface area contributed by atoms with Gasteiger partial charge in [-0.1, -0.05) is 0 Å². The number of benzene rings is 1. The summed E-state index contributed by atoms with van der Waals surface area (Å²) in [4.78, 5) is 40.5. The lowest BCUT2D eigenvalue weighted by atomic mass is 10.1. The molecule has 7 nitrogen and oxygen atoms in total. The van der Waals surface area contributed by atoms with Crippen molar-refractivity contribution in [3.63, 3.8) is 0 Å². The summed E-state index contributed by atoms with van der Waals surface area (Å²) in [5, 5.41) is 5.02. The van der Waals surface area contributed by atoms with Crippen molar-refractivity contribution >= 4 is 23.3 Å². The van der Waals surface area contributed by atoms with E-state index in [9.17, 15) is 23.2 Å². The van der Waals surface area contributed by atoms with Gasteiger partial charge in [-0.3, -0.25) is 19.0 Å². The van der Waals surface area contributed by atoms with E-state index >= 15 is 0 Å². The average Bonchev–Trinajstić information content (AvgIpc) is 2.65. The Bertz CT molecular complexity index is 1160. The minimum atomic E-state index is -0.804. The first kappa shape index (κ1) is 19.9. The summed E-state index contributed by atoms with van der Waals surface area (Å²) in [7, 11) is 0. The van der Waals surface area contributed by atoms with Crippen LogP contribution in [0.1, 0.15) is 22.8 Å². The van der Waals surface area contributed by atoms with E-state index in [1.54, 1.807) is 6.92 Å². The van der Waals surface area contributed by atoms with Crippen LogP contribution in [0.5, 0.6) is 0 Å². The highest BCUT2D eigenvalue weighted by Crippen LogP contribution is 2.16. The fourth-order valence-corrected chi connectivity index (χ4v) is 2.68. The molecule has 29 heavy (non-hydrogen) atoms. The topological polar surface area (TPSA) is 93.1 Å². The third-order valence-electron chi connectivity index (χ3n) is 4.02. The number of anilines is 2. The fraction of sp³-hybridized carbons (Fsp3) is 0.100. The second-order valence-electron chi connectivity index (χ2n) is 6.21. The van der Waals surface area contributed by atoms with Crippen LogP contribution in [-0.4, -0.2) is 21.4 Å². The highest BCUT2D eigenvalue weighted by molar-refractivity contribution is 6.05. The summed E-state index contributed by atoms with van der Waals surface area (Å²) >= 11 is 0. The summed E-state index contributed by atoms with van der Waals surface area (Å²) in [5.74, 6) is -2.24. The molecule has 0 saturated carbocycles. The molecule has 0 aliphatic carbocycles. The number of hydrogen-bond donors (Lipinski definition) is 2. The van der Waals surface area contributed by atoms with Crippen LogP contribution in [0.3, 0.4) is 0 Å². The minimum Gasteiger partial charge on any atom is -0.320 e. The van der Waals surface area contributed by atoms with Gasteiger partial charge < -0.3 is 10.6 Å². The smallest absolute Gasteiger partial charge is 0.268 e. The van der Waals surface area contributed by atoms with E-state index in [2.05, 4.69) is 15.6 Å². The van der Waals surface area contributed by atoms with Crippen molar-refractivity contribution in [3.05, 3.63) is 81.9 Å². The number of nitrogens with zero attached hydrogens (tertiary/aromatic N) is 2.